The van der Waals surface area contributed by atoms with Crippen LogP contribution < -0.4 is 10.7 Å². The van der Waals surface area contributed by atoms with Crippen LogP contribution in [0.2, 0.25) is 0 Å². The molecule has 0 amide bonds. The highest BCUT2D eigenvalue weighted by Crippen LogP contribution is 2.21. The van der Waals surface area contributed by atoms with Crippen LogP contribution in [0.1, 0.15) is 19.4 Å². The Hall–Kier alpha value is -1.77. The molecule has 1 rings (SSSR count). The summed E-state index contributed by atoms with van der Waals surface area (Å²) in [6, 6.07) is -0.0145. The summed E-state index contributed by atoms with van der Waals surface area (Å²) in [7, 11) is 0. The van der Waals surface area contributed by atoms with E-state index < -0.39 is 34.6 Å². The fraction of sp³-hybridized carbons (Fsp3) is 0.273. The lowest BCUT2D eigenvalue weighted by Crippen LogP contribution is -2.36. The van der Waals surface area contributed by atoms with Crippen molar-refractivity contribution in [2.24, 2.45) is 5.10 Å². The van der Waals surface area contributed by atoms with Crippen molar-refractivity contribution >= 4 is 23.5 Å². The first kappa shape index (κ1) is 16.3. The summed E-state index contributed by atoms with van der Waals surface area (Å²) in [5.41, 5.74) is 1.04. The van der Waals surface area contributed by atoms with Gasteiger partial charge in [-0.2, -0.15) is 5.10 Å². The van der Waals surface area contributed by atoms with Gasteiger partial charge in [0.25, 0.3) is 0 Å². The number of benzene rings is 1. The van der Waals surface area contributed by atoms with E-state index in [4.69, 9.17) is 12.2 Å². The van der Waals surface area contributed by atoms with Crippen molar-refractivity contribution in [3.8, 4) is 0 Å². The number of nitrogens with one attached hydrogen (secondary N) is 2. The van der Waals surface area contributed by atoms with Gasteiger partial charge in [-0.05, 0) is 26.1 Å². The van der Waals surface area contributed by atoms with E-state index in [9.17, 15) is 22.0 Å². The van der Waals surface area contributed by atoms with Crippen molar-refractivity contribution in [1.82, 2.24) is 10.7 Å². The molecule has 0 atom stereocenters. The summed E-state index contributed by atoms with van der Waals surface area (Å²) < 4.78 is 65.0. The molecule has 0 aliphatic heterocycles. The standard InChI is InChI=1S/C11H10F5N3S/c1-4(2)18-11(20)19-17-3-5-6(12)8(14)10(16)9(15)7(5)13/h3-4H,1-2H3,(H2,18,19,20). The van der Waals surface area contributed by atoms with E-state index >= 15 is 0 Å². The Bertz CT molecular complexity index is 530. The average Bonchev–Trinajstić information content (AvgIpc) is 2.37. The molecule has 0 heterocycles. The van der Waals surface area contributed by atoms with Gasteiger partial charge in [0.05, 0.1) is 11.8 Å². The molecule has 0 unspecified atom stereocenters. The molecule has 0 saturated heterocycles. The van der Waals surface area contributed by atoms with Crippen LogP contribution in [-0.2, 0) is 0 Å². The van der Waals surface area contributed by atoms with Crippen LogP contribution in [0.25, 0.3) is 0 Å². The molecule has 3 nitrogen and oxygen atoms in total. The first-order valence-electron chi connectivity index (χ1n) is 5.36. The highest BCUT2D eigenvalue weighted by Gasteiger charge is 2.24. The first-order valence-corrected chi connectivity index (χ1v) is 5.77. The monoisotopic (exact) mass is 311 g/mol. The summed E-state index contributed by atoms with van der Waals surface area (Å²) in [4.78, 5) is 0. The summed E-state index contributed by atoms with van der Waals surface area (Å²) >= 11 is 4.75. The minimum Gasteiger partial charge on any atom is -0.359 e. The van der Waals surface area contributed by atoms with Crippen molar-refractivity contribution in [2.75, 3.05) is 0 Å². The van der Waals surface area contributed by atoms with Gasteiger partial charge in [-0.1, -0.05) is 0 Å². The van der Waals surface area contributed by atoms with E-state index in [2.05, 4.69) is 15.8 Å². The van der Waals surface area contributed by atoms with Crippen LogP contribution in [0, 0.1) is 29.1 Å². The van der Waals surface area contributed by atoms with Gasteiger partial charge in [-0.3, -0.25) is 5.43 Å². The number of halogens is 5. The van der Waals surface area contributed by atoms with E-state index in [1.165, 1.54) is 0 Å². The third-order valence-corrected chi connectivity index (χ3v) is 2.23. The Morgan fingerprint density at radius 2 is 1.45 bits per heavy atom. The van der Waals surface area contributed by atoms with E-state index in [0.29, 0.717) is 6.21 Å². The van der Waals surface area contributed by atoms with Gasteiger partial charge >= 0.3 is 0 Å². The molecule has 2 N–H and O–H groups in total. The number of hydrogen-bond donors (Lipinski definition) is 2. The van der Waals surface area contributed by atoms with Crippen LogP contribution in [0.5, 0.6) is 0 Å². The molecular weight excluding hydrogens is 301 g/mol. The SMILES string of the molecule is CC(C)NC(=S)NN=Cc1c(F)c(F)c(F)c(F)c1F. The van der Waals surface area contributed by atoms with E-state index in [1.807, 2.05) is 0 Å². The van der Waals surface area contributed by atoms with Crippen LogP contribution in [-0.4, -0.2) is 17.4 Å². The highest BCUT2D eigenvalue weighted by molar-refractivity contribution is 7.80. The van der Waals surface area contributed by atoms with E-state index in [0.717, 1.165) is 0 Å². The predicted octanol–water partition coefficient (Wildman–Crippen LogP) is 2.59. The second-order valence-corrected chi connectivity index (χ2v) is 4.39. The second-order valence-electron chi connectivity index (χ2n) is 3.98. The maximum atomic E-state index is 13.2. The lowest BCUT2D eigenvalue weighted by atomic mass is 10.2. The maximum Gasteiger partial charge on any atom is 0.200 e. The number of nitrogens with zero attached hydrogens (tertiary/aromatic N) is 1. The van der Waals surface area contributed by atoms with Crippen molar-refractivity contribution in [3.63, 3.8) is 0 Å². The van der Waals surface area contributed by atoms with Crippen molar-refractivity contribution in [2.45, 2.75) is 19.9 Å². The topological polar surface area (TPSA) is 36.4 Å². The normalized spacial score (nSPS) is 11.2. The molecule has 20 heavy (non-hydrogen) atoms. The third kappa shape index (κ3) is 3.62. The Labute approximate surface area is 116 Å². The summed E-state index contributed by atoms with van der Waals surface area (Å²) in [6.45, 7) is 3.56. The van der Waals surface area contributed by atoms with E-state index in [1.54, 1.807) is 13.8 Å². The maximum absolute atomic E-state index is 13.2. The van der Waals surface area contributed by atoms with Crippen molar-refractivity contribution in [1.29, 1.82) is 0 Å². The molecule has 1 aromatic rings. The van der Waals surface area contributed by atoms with Gasteiger partial charge in [-0.15, -0.1) is 0 Å². The quantitative estimate of drug-likeness (QED) is 0.225. The van der Waals surface area contributed by atoms with Gasteiger partial charge in [-0.25, -0.2) is 22.0 Å². The Morgan fingerprint density at radius 3 is 1.90 bits per heavy atom. The van der Waals surface area contributed by atoms with Crippen LogP contribution in [0.4, 0.5) is 22.0 Å². The van der Waals surface area contributed by atoms with Crippen LogP contribution in [0.15, 0.2) is 5.10 Å². The van der Waals surface area contributed by atoms with Gasteiger partial charge < -0.3 is 5.32 Å². The lowest BCUT2D eigenvalue weighted by Gasteiger charge is -2.09. The Morgan fingerprint density at radius 1 is 1.00 bits per heavy atom. The zero-order valence-electron chi connectivity index (χ0n) is 10.4. The number of thiocarbonyl (C=S) groups is 1. The Kier molecular flexibility index (Phi) is 5.37. The molecule has 0 spiro atoms. The van der Waals surface area contributed by atoms with Crippen LogP contribution >= 0.6 is 12.2 Å². The summed E-state index contributed by atoms with van der Waals surface area (Å²) in [6.07, 6.45) is 0.463. The lowest BCUT2D eigenvalue weighted by molar-refractivity contribution is 0.377. The zero-order valence-corrected chi connectivity index (χ0v) is 11.2. The summed E-state index contributed by atoms with van der Waals surface area (Å²) in [5.74, 6) is -10.2. The van der Waals surface area contributed by atoms with E-state index in [-0.39, 0.29) is 11.2 Å². The largest absolute Gasteiger partial charge is 0.359 e. The first-order chi connectivity index (χ1) is 9.25. The minimum atomic E-state index is -2.22. The summed E-state index contributed by atoms with van der Waals surface area (Å²) in [5, 5.41) is 6.06. The third-order valence-electron chi connectivity index (χ3n) is 2.02. The minimum absolute atomic E-state index is 0.0145. The molecule has 0 saturated carbocycles. The van der Waals surface area contributed by atoms with Crippen molar-refractivity contribution < 1.29 is 22.0 Å². The molecule has 0 radical (unpaired) electrons. The molecular formula is C11H10F5N3S. The van der Waals surface area contributed by atoms with Crippen LogP contribution in [0.3, 0.4) is 0 Å². The Balaban J connectivity index is 2.96. The second kappa shape index (κ2) is 6.60. The molecule has 0 aromatic heterocycles. The molecule has 9 heteroatoms. The van der Waals surface area contributed by atoms with Crippen molar-refractivity contribution in [3.05, 3.63) is 34.6 Å². The number of hydrazone groups is 1. The number of hydrogen-bond acceptors (Lipinski definition) is 2. The van der Waals surface area contributed by atoms with Gasteiger partial charge in [0, 0.05) is 6.04 Å². The van der Waals surface area contributed by atoms with Gasteiger partial charge in [0.1, 0.15) is 0 Å². The fourth-order valence-corrected chi connectivity index (χ4v) is 1.47. The molecule has 0 aliphatic rings. The molecule has 0 bridgehead atoms. The molecule has 0 fully saturated rings. The molecule has 110 valence electrons. The number of rotatable bonds is 3. The van der Waals surface area contributed by atoms with Gasteiger partial charge in [0.2, 0.25) is 5.82 Å². The van der Waals surface area contributed by atoms with Gasteiger partial charge in [0.15, 0.2) is 28.4 Å². The predicted molar refractivity (Wildman–Crippen MR) is 67.8 cm³/mol. The fourth-order valence-electron chi connectivity index (χ4n) is 1.19. The zero-order chi connectivity index (χ0) is 15.4. The molecule has 0 aliphatic carbocycles. The average molecular weight is 311 g/mol. The smallest absolute Gasteiger partial charge is 0.200 e. The highest BCUT2D eigenvalue weighted by atomic mass is 32.1. The molecule has 1 aromatic carbocycles.